The van der Waals surface area contributed by atoms with Gasteiger partial charge in [0, 0.05) is 25.1 Å². The number of amides is 2. The van der Waals surface area contributed by atoms with Crippen LogP contribution in [-0.2, 0) is 21.0 Å². The van der Waals surface area contributed by atoms with Crippen molar-refractivity contribution < 1.29 is 29.0 Å². The number of hydroxylamine groups is 1. The largest absolute Gasteiger partial charge is 0.394 e. The number of hydrazine groups is 1. The van der Waals surface area contributed by atoms with Gasteiger partial charge in [0.15, 0.2) is 5.82 Å². The second-order valence-electron chi connectivity index (χ2n) is 7.70. The summed E-state index contributed by atoms with van der Waals surface area (Å²) in [6.07, 6.45) is 0.897. The van der Waals surface area contributed by atoms with E-state index in [1.807, 2.05) is 24.3 Å². The van der Waals surface area contributed by atoms with Gasteiger partial charge in [-0.2, -0.15) is 5.06 Å². The Morgan fingerprint density at radius 1 is 1.21 bits per heavy atom. The third kappa shape index (κ3) is 6.78. The number of aromatic nitrogens is 1. The van der Waals surface area contributed by atoms with Gasteiger partial charge in [0.25, 0.3) is 0 Å². The first-order chi connectivity index (χ1) is 16.4. The molecule has 3 rings (SSSR count). The smallest absolute Gasteiger partial charge is 0.239 e. The predicted molar refractivity (Wildman–Crippen MR) is 123 cm³/mol. The monoisotopic (exact) mass is 470 g/mol. The van der Waals surface area contributed by atoms with Gasteiger partial charge >= 0.3 is 0 Å². The fraction of sp³-hybridized carbons (Fsp3) is 0.292. The van der Waals surface area contributed by atoms with Crippen molar-refractivity contribution in [3.05, 3.63) is 72.2 Å². The highest BCUT2D eigenvalue weighted by Gasteiger charge is 2.26. The number of rotatable bonds is 12. The van der Waals surface area contributed by atoms with Crippen LogP contribution in [0.25, 0.3) is 10.8 Å². The molecule has 0 saturated heterocycles. The van der Waals surface area contributed by atoms with Gasteiger partial charge in [-0.05, 0) is 35.6 Å². The summed E-state index contributed by atoms with van der Waals surface area (Å²) in [4.78, 5) is 34.0. The number of hydrogen-bond acceptors (Lipinski definition) is 7. The van der Waals surface area contributed by atoms with Crippen LogP contribution in [-0.4, -0.2) is 57.9 Å². The number of pyridine rings is 1. The highest BCUT2D eigenvalue weighted by molar-refractivity contribution is 5.85. The molecule has 1 aromatic heterocycles. The molecule has 1 heterocycles. The number of nitrogens with one attached hydrogen (secondary N) is 1. The van der Waals surface area contributed by atoms with Gasteiger partial charge in [-0.15, -0.1) is 0 Å². The molecule has 0 radical (unpaired) electrons. The van der Waals surface area contributed by atoms with Gasteiger partial charge in [0.1, 0.15) is 5.82 Å². The van der Waals surface area contributed by atoms with E-state index in [-0.39, 0.29) is 25.4 Å². The Kier molecular flexibility index (Phi) is 9.00. The number of nitrogens with zero attached hydrogens (tertiary/aromatic N) is 3. The lowest BCUT2D eigenvalue weighted by atomic mass is 10.1. The second kappa shape index (κ2) is 12.1. The van der Waals surface area contributed by atoms with E-state index in [2.05, 4.69) is 10.4 Å². The summed E-state index contributed by atoms with van der Waals surface area (Å²) in [5.41, 5.74) is 3.52. The quantitative estimate of drug-likeness (QED) is 0.274. The Balaban J connectivity index is 1.75. The van der Waals surface area contributed by atoms with Crippen LogP contribution in [0.2, 0.25) is 0 Å². The van der Waals surface area contributed by atoms with Gasteiger partial charge < -0.3 is 10.2 Å². The van der Waals surface area contributed by atoms with Crippen molar-refractivity contribution in [1.29, 1.82) is 0 Å². The van der Waals surface area contributed by atoms with E-state index in [4.69, 9.17) is 4.84 Å². The third-order valence-corrected chi connectivity index (χ3v) is 5.15. The number of carbonyl (C=O) groups is 2. The van der Waals surface area contributed by atoms with E-state index in [9.17, 15) is 24.2 Å². The molecule has 0 bridgehead atoms. The first-order valence-corrected chi connectivity index (χ1v) is 10.7. The fourth-order valence-corrected chi connectivity index (χ4v) is 3.47. The van der Waals surface area contributed by atoms with E-state index < -0.39 is 30.5 Å². The molecule has 0 aliphatic carbocycles. The number of hydrogen-bond donors (Lipinski definition) is 3. The number of aliphatic hydroxyl groups excluding tert-OH is 2. The van der Waals surface area contributed by atoms with Crippen LogP contribution >= 0.6 is 0 Å². The molecule has 2 amide bonds. The molecule has 10 heteroatoms. The Morgan fingerprint density at radius 3 is 2.65 bits per heavy atom. The number of aliphatic hydroxyl groups is 2. The first kappa shape index (κ1) is 25.2. The zero-order valence-electron chi connectivity index (χ0n) is 18.7. The lowest BCUT2D eigenvalue weighted by Gasteiger charge is -2.33. The third-order valence-electron chi connectivity index (χ3n) is 5.15. The van der Waals surface area contributed by atoms with Crippen molar-refractivity contribution in [2.24, 2.45) is 0 Å². The number of benzene rings is 2. The van der Waals surface area contributed by atoms with Crippen molar-refractivity contribution >= 4 is 28.9 Å². The highest BCUT2D eigenvalue weighted by atomic mass is 19.1. The minimum Gasteiger partial charge on any atom is -0.394 e. The molecule has 0 spiro atoms. The highest BCUT2D eigenvalue weighted by Crippen LogP contribution is 2.19. The Hall–Kier alpha value is -3.44. The molecular formula is C24H27FN4O5. The average Bonchev–Trinajstić information content (AvgIpc) is 2.83. The van der Waals surface area contributed by atoms with Crippen LogP contribution in [0.15, 0.2) is 60.8 Å². The normalized spacial score (nSPS) is 12.8. The van der Waals surface area contributed by atoms with Crippen molar-refractivity contribution in [2.75, 3.05) is 18.3 Å². The summed E-state index contributed by atoms with van der Waals surface area (Å²) in [7, 11) is 0. The van der Waals surface area contributed by atoms with Crippen LogP contribution in [0.3, 0.4) is 0 Å². The van der Waals surface area contributed by atoms with Gasteiger partial charge in [-0.3, -0.25) is 19.4 Å². The molecule has 0 saturated carbocycles. The summed E-state index contributed by atoms with van der Waals surface area (Å²) in [6.45, 7) is 0.738. The summed E-state index contributed by atoms with van der Waals surface area (Å²) < 4.78 is 13.5. The first-order valence-electron chi connectivity index (χ1n) is 10.7. The van der Waals surface area contributed by atoms with Crippen molar-refractivity contribution in [2.45, 2.75) is 32.0 Å². The fourth-order valence-electron chi connectivity index (χ4n) is 3.47. The zero-order chi connectivity index (χ0) is 24.5. The maximum atomic E-state index is 13.5. The van der Waals surface area contributed by atoms with Gasteiger partial charge in [0.05, 0.1) is 25.4 Å². The molecule has 34 heavy (non-hydrogen) atoms. The minimum absolute atomic E-state index is 0.0376. The van der Waals surface area contributed by atoms with Crippen LogP contribution < -0.4 is 10.5 Å². The Bertz CT molecular complexity index is 1120. The molecule has 0 aliphatic rings. The standard InChI is InChI=1S/C24H27FN4O5/c1-17(32)29(27-12-18-5-4-8-21(25)9-18)22(11-23(33)14-30)15-34-28(16-31)24-10-19-6-2-3-7-20(19)13-26-24/h2-10,13,16,22-23,27,30,33H,11-12,14-15H2,1H3/t22-,23?/m0/s1. The zero-order valence-corrected chi connectivity index (χ0v) is 18.7. The van der Waals surface area contributed by atoms with E-state index >= 15 is 0 Å². The molecule has 9 nitrogen and oxygen atoms in total. The maximum Gasteiger partial charge on any atom is 0.239 e. The predicted octanol–water partition coefficient (Wildman–Crippen LogP) is 1.93. The Morgan fingerprint density at radius 2 is 1.97 bits per heavy atom. The number of halogens is 1. The molecule has 0 fully saturated rings. The maximum absolute atomic E-state index is 13.5. The van der Waals surface area contributed by atoms with Gasteiger partial charge in [-0.1, -0.05) is 36.4 Å². The average molecular weight is 471 g/mol. The van der Waals surface area contributed by atoms with E-state index in [1.54, 1.807) is 24.4 Å². The lowest BCUT2D eigenvalue weighted by Crippen LogP contribution is -2.52. The molecule has 2 atom stereocenters. The molecule has 180 valence electrons. The molecule has 3 aromatic rings. The number of fused-ring (bicyclic) bond motifs is 1. The van der Waals surface area contributed by atoms with Crippen molar-refractivity contribution in [1.82, 2.24) is 15.4 Å². The summed E-state index contributed by atoms with van der Waals surface area (Å²) >= 11 is 0. The van der Waals surface area contributed by atoms with Crippen LogP contribution in [0.1, 0.15) is 18.9 Å². The number of anilines is 1. The lowest BCUT2D eigenvalue weighted by molar-refractivity contribution is -0.138. The molecule has 1 unspecified atom stereocenters. The van der Waals surface area contributed by atoms with Crippen LogP contribution in [0.5, 0.6) is 0 Å². The van der Waals surface area contributed by atoms with E-state index in [1.165, 1.54) is 24.1 Å². The van der Waals surface area contributed by atoms with Crippen LogP contribution in [0, 0.1) is 5.82 Å². The van der Waals surface area contributed by atoms with Crippen LogP contribution in [0.4, 0.5) is 10.2 Å². The Labute approximate surface area is 196 Å². The molecule has 0 aliphatic heterocycles. The topological polar surface area (TPSA) is 115 Å². The minimum atomic E-state index is -1.13. The van der Waals surface area contributed by atoms with Gasteiger partial charge in [-0.25, -0.2) is 14.8 Å². The molecule has 3 N–H and O–H groups in total. The summed E-state index contributed by atoms with van der Waals surface area (Å²) in [6, 6.07) is 14.3. The SMILES string of the molecule is CC(=O)N(NCc1cccc(F)c1)[C@H](CON(C=O)c1cc2ccccc2cn1)CC(O)CO. The van der Waals surface area contributed by atoms with Crippen molar-refractivity contribution in [3.63, 3.8) is 0 Å². The molecular weight excluding hydrogens is 443 g/mol. The summed E-state index contributed by atoms with van der Waals surface area (Å²) in [5.74, 6) is -0.553. The molecule has 2 aromatic carbocycles. The second-order valence-corrected chi connectivity index (χ2v) is 7.70. The van der Waals surface area contributed by atoms with Gasteiger partial charge in [0.2, 0.25) is 12.3 Å². The van der Waals surface area contributed by atoms with Crippen molar-refractivity contribution in [3.8, 4) is 0 Å². The number of carbonyl (C=O) groups excluding carboxylic acids is 2. The van der Waals surface area contributed by atoms with E-state index in [0.29, 0.717) is 12.0 Å². The van der Waals surface area contributed by atoms with E-state index in [0.717, 1.165) is 15.8 Å². The summed E-state index contributed by atoms with van der Waals surface area (Å²) in [5, 5.41) is 23.3.